The molecule has 0 spiro atoms. The van der Waals surface area contributed by atoms with Crippen LogP contribution in [0.5, 0.6) is 0 Å². The lowest BCUT2D eigenvalue weighted by molar-refractivity contribution is -0.144. The Morgan fingerprint density at radius 2 is 1.41 bits per heavy atom. The molecule has 1 N–H and O–H groups in total. The average molecular weight is 243 g/mol. The van der Waals surface area contributed by atoms with Gasteiger partial charge in [0.25, 0.3) is 0 Å². The summed E-state index contributed by atoms with van der Waals surface area (Å²) in [4.78, 5) is 34.0. The Hall–Kier alpha value is -1.85. The molecule has 0 aliphatic rings. The van der Waals surface area contributed by atoms with Gasteiger partial charge in [0.15, 0.2) is 5.57 Å². The minimum absolute atomic E-state index is 0.331. The Labute approximate surface area is 100.0 Å². The summed E-state index contributed by atoms with van der Waals surface area (Å²) in [7, 11) is 2.26. The number of ether oxygens (including phenoxy) is 2. The van der Waals surface area contributed by atoms with Crippen molar-refractivity contribution in [2.75, 3.05) is 14.2 Å². The molecule has 1 amide bonds. The number of carbonyl (C=O) groups excluding carboxylic acids is 3. The molecule has 0 unspecified atom stereocenters. The van der Waals surface area contributed by atoms with Crippen LogP contribution in [0.4, 0.5) is 0 Å². The molecule has 0 saturated carbocycles. The predicted molar refractivity (Wildman–Crippen MR) is 59.7 cm³/mol. The van der Waals surface area contributed by atoms with Gasteiger partial charge < -0.3 is 14.8 Å². The second-order valence-electron chi connectivity index (χ2n) is 4.26. The van der Waals surface area contributed by atoms with E-state index in [9.17, 15) is 14.4 Å². The Kier molecular flexibility index (Phi) is 5.37. The molecule has 6 nitrogen and oxygen atoms in total. The van der Waals surface area contributed by atoms with E-state index in [1.807, 2.05) is 0 Å². The quantitative estimate of drug-likeness (QED) is 0.335. The summed E-state index contributed by atoms with van der Waals surface area (Å²) >= 11 is 0. The molecule has 0 bridgehead atoms. The third-order valence-corrected chi connectivity index (χ3v) is 1.84. The number of rotatable bonds is 3. The summed E-state index contributed by atoms with van der Waals surface area (Å²) in [5.41, 5.74) is -0.999. The van der Waals surface area contributed by atoms with Gasteiger partial charge in [0, 0.05) is 11.6 Å². The maximum absolute atomic E-state index is 11.5. The molecular formula is C11H17NO5. The fourth-order valence-corrected chi connectivity index (χ4v) is 0.775. The average Bonchev–Trinajstić information content (AvgIpc) is 2.26. The number of amides is 1. The molecule has 0 heterocycles. The smallest absolute Gasteiger partial charge is 0.346 e. The molecule has 0 atom stereocenters. The Bertz CT molecular complexity index is 333. The van der Waals surface area contributed by atoms with Crippen LogP contribution >= 0.6 is 0 Å². The van der Waals surface area contributed by atoms with E-state index in [-0.39, 0.29) is 11.5 Å². The van der Waals surface area contributed by atoms with Crippen LogP contribution in [0.15, 0.2) is 11.8 Å². The summed E-state index contributed by atoms with van der Waals surface area (Å²) in [6.45, 7) is 5.10. The number of methoxy groups -OCH3 is 2. The zero-order valence-electron chi connectivity index (χ0n) is 10.6. The van der Waals surface area contributed by atoms with E-state index >= 15 is 0 Å². The van der Waals surface area contributed by atoms with Crippen molar-refractivity contribution in [2.45, 2.75) is 20.8 Å². The largest absolute Gasteiger partial charge is 0.465 e. The number of carbonyl (C=O) groups is 3. The maximum Gasteiger partial charge on any atom is 0.346 e. The number of hydrogen-bond donors (Lipinski definition) is 1. The van der Waals surface area contributed by atoms with Crippen LogP contribution in [0.3, 0.4) is 0 Å². The van der Waals surface area contributed by atoms with Crippen molar-refractivity contribution in [1.29, 1.82) is 0 Å². The van der Waals surface area contributed by atoms with Crippen molar-refractivity contribution in [1.82, 2.24) is 5.32 Å². The summed E-state index contributed by atoms with van der Waals surface area (Å²) in [6, 6.07) is 0. The highest BCUT2D eigenvalue weighted by Crippen LogP contribution is 2.12. The lowest BCUT2D eigenvalue weighted by Crippen LogP contribution is -2.32. The fraction of sp³-hybridized carbons (Fsp3) is 0.545. The summed E-state index contributed by atoms with van der Waals surface area (Å²) in [5.74, 6) is -2.07. The van der Waals surface area contributed by atoms with Gasteiger partial charge in [-0.1, -0.05) is 20.8 Å². The van der Waals surface area contributed by atoms with Gasteiger partial charge in [0.1, 0.15) is 0 Å². The first-order valence-electron chi connectivity index (χ1n) is 4.91. The van der Waals surface area contributed by atoms with Crippen molar-refractivity contribution in [3.63, 3.8) is 0 Å². The lowest BCUT2D eigenvalue weighted by atomic mass is 9.96. The summed E-state index contributed by atoms with van der Waals surface area (Å²) in [6.07, 6.45) is 0.991. The zero-order chi connectivity index (χ0) is 13.6. The molecule has 0 aliphatic heterocycles. The molecule has 0 radical (unpaired) electrons. The first kappa shape index (κ1) is 15.2. The van der Waals surface area contributed by atoms with Crippen molar-refractivity contribution >= 4 is 17.8 Å². The molecule has 0 saturated heterocycles. The normalized spacial score (nSPS) is 10.2. The van der Waals surface area contributed by atoms with Gasteiger partial charge in [-0.15, -0.1) is 0 Å². The second kappa shape index (κ2) is 6.03. The Morgan fingerprint density at radius 3 is 1.71 bits per heavy atom. The second-order valence-corrected chi connectivity index (χ2v) is 4.26. The van der Waals surface area contributed by atoms with Crippen LogP contribution in [0.1, 0.15) is 20.8 Å². The third kappa shape index (κ3) is 4.67. The van der Waals surface area contributed by atoms with Gasteiger partial charge in [-0.2, -0.15) is 0 Å². The molecule has 17 heavy (non-hydrogen) atoms. The van der Waals surface area contributed by atoms with E-state index in [4.69, 9.17) is 0 Å². The van der Waals surface area contributed by atoms with Gasteiger partial charge in [0.05, 0.1) is 14.2 Å². The third-order valence-electron chi connectivity index (χ3n) is 1.84. The predicted octanol–water partition coefficient (Wildman–Crippen LogP) is 0.379. The van der Waals surface area contributed by atoms with Crippen LogP contribution in [0.25, 0.3) is 0 Å². The molecular weight excluding hydrogens is 226 g/mol. The maximum atomic E-state index is 11.5. The SMILES string of the molecule is COC(=O)C(=CNC(=O)C(C)(C)C)C(=O)OC. The topological polar surface area (TPSA) is 81.7 Å². The molecule has 0 aromatic rings. The van der Waals surface area contributed by atoms with Crippen molar-refractivity contribution in [3.05, 3.63) is 11.8 Å². The Morgan fingerprint density at radius 1 is 1.00 bits per heavy atom. The van der Waals surface area contributed by atoms with Gasteiger partial charge in [-0.3, -0.25) is 4.79 Å². The van der Waals surface area contributed by atoms with Crippen molar-refractivity contribution in [2.24, 2.45) is 5.41 Å². The van der Waals surface area contributed by atoms with Crippen LogP contribution in [-0.2, 0) is 23.9 Å². The molecule has 0 aromatic carbocycles. The summed E-state index contributed by atoms with van der Waals surface area (Å²) < 4.78 is 8.79. The standard InChI is InChI=1S/C11H17NO5/c1-11(2,3)10(15)12-6-7(8(13)16-4)9(14)17-5/h6H,1-5H3,(H,12,15). The lowest BCUT2D eigenvalue weighted by Gasteiger charge is -2.15. The van der Waals surface area contributed by atoms with Gasteiger partial charge in [-0.05, 0) is 0 Å². The van der Waals surface area contributed by atoms with Crippen LogP contribution in [0, 0.1) is 5.41 Å². The fourth-order valence-electron chi connectivity index (χ4n) is 0.775. The number of esters is 2. The van der Waals surface area contributed by atoms with E-state index in [0.717, 1.165) is 20.4 Å². The molecule has 96 valence electrons. The molecule has 0 rings (SSSR count). The van der Waals surface area contributed by atoms with E-state index in [1.165, 1.54) is 0 Å². The van der Waals surface area contributed by atoms with Crippen molar-refractivity contribution < 1.29 is 23.9 Å². The van der Waals surface area contributed by atoms with Crippen LogP contribution in [0.2, 0.25) is 0 Å². The van der Waals surface area contributed by atoms with Gasteiger partial charge >= 0.3 is 11.9 Å². The van der Waals surface area contributed by atoms with E-state index in [1.54, 1.807) is 20.8 Å². The molecule has 6 heteroatoms. The number of hydrogen-bond acceptors (Lipinski definition) is 5. The molecule has 0 fully saturated rings. The monoisotopic (exact) mass is 243 g/mol. The highest BCUT2D eigenvalue weighted by molar-refractivity contribution is 6.14. The first-order chi connectivity index (χ1) is 7.73. The van der Waals surface area contributed by atoms with E-state index in [0.29, 0.717) is 0 Å². The molecule has 0 aliphatic carbocycles. The summed E-state index contributed by atoms with van der Waals surface area (Å²) in [5, 5.41) is 2.35. The van der Waals surface area contributed by atoms with Gasteiger partial charge in [0.2, 0.25) is 5.91 Å². The minimum Gasteiger partial charge on any atom is -0.465 e. The zero-order valence-corrected chi connectivity index (χ0v) is 10.6. The molecule has 0 aromatic heterocycles. The Balaban J connectivity index is 4.90. The first-order valence-corrected chi connectivity index (χ1v) is 4.91. The highest BCUT2D eigenvalue weighted by Gasteiger charge is 2.23. The van der Waals surface area contributed by atoms with E-state index in [2.05, 4.69) is 14.8 Å². The van der Waals surface area contributed by atoms with Gasteiger partial charge in [-0.25, -0.2) is 9.59 Å². The van der Waals surface area contributed by atoms with E-state index < -0.39 is 17.4 Å². The van der Waals surface area contributed by atoms with Crippen LogP contribution in [-0.4, -0.2) is 32.1 Å². The van der Waals surface area contributed by atoms with Crippen molar-refractivity contribution in [3.8, 4) is 0 Å². The van der Waals surface area contributed by atoms with Crippen LogP contribution < -0.4 is 5.32 Å². The minimum atomic E-state index is -0.869. The highest BCUT2D eigenvalue weighted by atomic mass is 16.5. The number of nitrogens with one attached hydrogen (secondary N) is 1.